The summed E-state index contributed by atoms with van der Waals surface area (Å²) in [7, 11) is 0. The third kappa shape index (κ3) is 1.88. The molecule has 1 saturated heterocycles. The number of morpholine rings is 1. The fourth-order valence-electron chi connectivity index (χ4n) is 3.16. The Labute approximate surface area is 113 Å². The predicted molar refractivity (Wildman–Crippen MR) is 76.2 cm³/mol. The Morgan fingerprint density at radius 1 is 1.00 bits per heavy atom. The summed E-state index contributed by atoms with van der Waals surface area (Å²) < 4.78 is 5.56. The lowest BCUT2D eigenvalue weighted by molar-refractivity contribution is 0.0769. The third-order valence-corrected chi connectivity index (χ3v) is 4.14. The lowest BCUT2D eigenvalue weighted by Crippen LogP contribution is -2.34. The first-order valence-electron chi connectivity index (χ1n) is 6.94. The molecule has 1 aliphatic carbocycles. The number of hydrogen-bond acceptors (Lipinski definition) is 2. The van der Waals surface area contributed by atoms with Crippen LogP contribution >= 0.6 is 0 Å². The molecule has 2 heteroatoms. The molecular formula is C17H17NO. The molecule has 1 heterocycles. The molecule has 0 unspecified atom stereocenters. The van der Waals surface area contributed by atoms with Gasteiger partial charge >= 0.3 is 0 Å². The third-order valence-electron chi connectivity index (χ3n) is 4.14. The fourth-order valence-corrected chi connectivity index (χ4v) is 3.16. The molecule has 0 saturated carbocycles. The zero-order valence-electron chi connectivity index (χ0n) is 10.9. The standard InChI is InChI=1S/C17H17NO/c1-2-4-15-12(3-1)9-14-10-13(5-6-16(14)15)17-11-19-8-7-18-17/h1-6,10,17-18H,7-9,11H2/t17-/m1/s1. The summed E-state index contributed by atoms with van der Waals surface area (Å²) in [6, 6.07) is 15.9. The molecule has 2 aromatic carbocycles. The van der Waals surface area contributed by atoms with Gasteiger partial charge in [-0.15, -0.1) is 0 Å². The summed E-state index contributed by atoms with van der Waals surface area (Å²) >= 11 is 0. The Morgan fingerprint density at radius 3 is 2.79 bits per heavy atom. The molecular weight excluding hydrogens is 234 g/mol. The first-order valence-corrected chi connectivity index (χ1v) is 6.94. The van der Waals surface area contributed by atoms with Gasteiger partial charge in [-0.05, 0) is 34.2 Å². The van der Waals surface area contributed by atoms with Crippen molar-refractivity contribution in [3.05, 3.63) is 59.2 Å². The Hall–Kier alpha value is -1.64. The molecule has 0 amide bonds. The van der Waals surface area contributed by atoms with Gasteiger partial charge in [0.15, 0.2) is 0 Å². The predicted octanol–water partition coefficient (Wildman–Crippen LogP) is 2.92. The van der Waals surface area contributed by atoms with E-state index in [1.807, 2.05) is 0 Å². The zero-order valence-corrected chi connectivity index (χ0v) is 10.9. The maximum atomic E-state index is 5.56. The number of hydrogen-bond donors (Lipinski definition) is 1. The highest BCUT2D eigenvalue weighted by molar-refractivity contribution is 5.77. The second kappa shape index (κ2) is 4.48. The van der Waals surface area contributed by atoms with Gasteiger partial charge < -0.3 is 10.1 Å². The van der Waals surface area contributed by atoms with Crippen molar-refractivity contribution in [2.24, 2.45) is 0 Å². The molecule has 0 spiro atoms. The topological polar surface area (TPSA) is 21.3 Å². The second-order valence-corrected chi connectivity index (χ2v) is 5.33. The Balaban J connectivity index is 1.71. The highest BCUT2D eigenvalue weighted by Crippen LogP contribution is 2.37. The quantitative estimate of drug-likeness (QED) is 0.718. The molecule has 0 aromatic heterocycles. The van der Waals surface area contributed by atoms with Crippen LogP contribution in [0.25, 0.3) is 11.1 Å². The summed E-state index contributed by atoms with van der Waals surface area (Å²) in [5, 5.41) is 3.52. The van der Waals surface area contributed by atoms with Crippen LogP contribution in [0.15, 0.2) is 42.5 Å². The van der Waals surface area contributed by atoms with Gasteiger partial charge in [0.1, 0.15) is 0 Å². The van der Waals surface area contributed by atoms with Gasteiger partial charge in [-0.3, -0.25) is 0 Å². The van der Waals surface area contributed by atoms with Crippen LogP contribution in [0.4, 0.5) is 0 Å². The fraction of sp³-hybridized carbons (Fsp3) is 0.294. The van der Waals surface area contributed by atoms with Crippen molar-refractivity contribution in [2.75, 3.05) is 19.8 Å². The largest absolute Gasteiger partial charge is 0.378 e. The van der Waals surface area contributed by atoms with Crippen molar-refractivity contribution in [3.8, 4) is 11.1 Å². The molecule has 1 fully saturated rings. The Morgan fingerprint density at radius 2 is 1.89 bits per heavy atom. The number of nitrogens with one attached hydrogen (secondary N) is 1. The molecule has 19 heavy (non-hydrogen) atoms. The van der Waals surface area contributed by atoms with E-state index in [1.54, 1.807) is 0 Å². The van der Waals surface area contributed by atoms with E-state index in [0.717, 1.165) is 26.2 Å². The molecule has 0 radical (unpaired) electrons. The van der Waals surface area contributed by atoms with Crippen molar-refractivity contribution in [1.29, 1.82) is 0 Å². The van der Waals surface area contributed by atoms with Crippen LogP contribution in [0.3, 0.4) is 0 Å². The molecule has 0 bridgehead atoms. The lowest BCUT2D eigenvalue weighted by atomic mass is 9.99. The van der Waals surface area contributed by atoms with Crippen LogP contribution in [-0.4, -0.2) is 19.8 Å². The minimum absolute atomic E-state index is 0.350. The van der Waals surface area contributed by atoms with Crippen LogP contribution in [0, 0.1) is 0 Å². The van der Waals surface area contributed by atoms with E-state index >= 15 is 0 Å². The van der Waals surface area contributed by atoms with Gasteiger partial charge in [0.25, 0.3) is 0 Å². The molecule has 96 valence electrons. The van der Waals surface area contributed by atoms with Crippen molar-refractivity contribution in [2.45, 2.75) is 12.5 Å². The smallest absolute Gasteiger partial charge is 0.0662 e. The van der Waals surface area contributed by atoms with Gasteiger partial charge in [0.2, 0.25) is 0 Å². The van der Waals surface area contributed by atoms with E-state index in [0.29, 0.717) is 6.04 Å². The summed E-state index contributed by atoms with van der Waals surface area (Å²) in [5.74, 6) is 0. The first-order chi connectivity index (χ1) is 9.42. The van der Waals surface area contributed by atoms with Gasteiger partial charge in [-0.25, -0.2) is 0 Å². The second-order valence-electron chi connectivity index (χ2n) is 5.33. The van der Waals surface area contributed by atoms with Crippen LogP contribution in [0.5, 0.6) is 0 Å². The zero-order chi connectivity index (χ0) is 12.7. The molecule has 2 nitrogen and oxygen atoms in total. The molecule has 1 atom stereocenters. The molecule has 4 rings (SSSR count). The molecule has 2 aliphatic rings. The Kier molecular flexibility index (Phi) is 2.64. The van der Waals surface area contributed by atoms with Crippen molar-refractivity contribution < 1.29 is 4.74 Å². The van der Waals surface area contributed by atoms with Crippen molar-refractivity contribution in [1.82, 2.24) is 5.32 Å². The van der Waals surface area contributed by atoms with Crippen LogP contribution in [0.1, 0.15) is 22.7 Å². The summed E-state index contributed by atoms with van der Waals surface area (Å²) in [5.41, 5.74) is 7.05. The van der Waals surface area contributed by atoms with E-state index in [9.17, 15) is 0 Å². The lowest BCUT2D eigenvalue weighted by Gasteiger charge is -2.24. The maximum absolute atomic E-state index is 5.56. The van der Waals surface area contributed by atoms with Crippen LogP contribution in [-0.2, 0) is 11.2 Å². The highest BCUT2D eigenvalue weighted by Gasteiger charge is 2.21. The van der Waals surface area contributed by atoms with Crippen molar-refractivity contribution in [3.63, 3.8) is 0 Å². The minimum Gasteiger partial charge on any atom is -0.378 e. The van der Waals surface area contributed by atoms with E-state index in [2.05, 4.69) is 47.8 Å². The maximum Gasteiger partial charge on any atom is 0.0662 e. The SMILES string of the molecule is c1ccc2c(c1)Cc1cc([C@H]3COCCN3)ccc1-2. The van der Waals surface area contributed by atoms with E-state index in [1.165, 1.54) is 27.8 Å². The number of fused-ring (bicyclic) bond motifs is 3. The minimum atomic E-state index is 0.350. The number of benzene rings is 2. The van der Waals surface area contributed by atoms with Crippen LogP contribution < -0.4 is 5.32 Å². The van der Waals surface area contributed by atoms with E-state index < -0.39 is 0 Å². The highest BCUT2D eigenvalue weighted by atomic mass is 16.5. The van der Waals surface area contributed by atoms with E-state index in [4.69, 9.17) is 4.74 Å². The van der Waals surface area contributed by atoms with Crippen LogP contribution in [0.2, 0.25) is 0 Å². The summed E-state index contributed by atoms with van der Waals surface area (Å²) in [6.07, 6.45) is 1.06. The van der Waals surface area contributed by atoms with Gasteiger partial charge in [-0.1, -0.05) is 42.5 Å². The molecule has 2 aromatic rings. The van der Waals surface area contributed by atoms with Gasteiger partial charge in [0, 0.05) is 6.54 Å². The summed E-state index contributed by atoms with van der Waals surface area (Å²) in [4.78, 5) is 0. The van der Waals surface area contributed by atoms with Gasteiger partial charge in [0.05, 0.1) is 19.3 Å². The first kappa shape index (κ1) is 11.2. The average Bonchev–Trinajstić information content (AvgIpc) is 2.86. The number of ether oxygens (including phenoxy) is 1. The van der Waals surface area contributed by atoms with E-state index in [-0.39, 0.29) is 0 Å². The summed E-state index contributed by atoms with van der Waals surface area (Å²) in [6.45, 7) is 2.56. The molecule has 1 aliphatic heterocycles. The van der Waals surface area contributed by atoms with Gasteiger partial charge in [-0.2, -0.15) is 0 Å². The molecule has 1 N–H and O–H groups in total. The average molecular weight is 251 g/mol. The Bertz CT molecular complexity index is 614. The van der Waals surface area contributed by atoms with Crippen molar-refractivity contribution >= 4 is 0 Å². The number of rotatable bonds is 1. The normalized spacial score (nSPS) is 20.9. The monoisotopic (exact) mass is 251 g/mol.